The van der Waals surface area contributed by atoms with Gasteiger partial charge in [-0.25, -0.2) is 9.97 Å². The van der Waals surface area contributed by atoms with Crippen LogP contribution in [0.4, 0.5) is 0 Å². The number of hydrogen-bond acceptors (Lipinski definition) is 3. The van der Waals surface area contributed by atoms with Crippen LogP contribution in [0, 0.1) is 0 Å². The van der Waals surface area contributed by atoms with E-state index in [0.29, 0.717) is 0 Å². The predicted octanol–water partition coefficient (Wildman–Crippen LogP) is 1.54. The van der Waals surface area contributed by atoms with Crippen LogP contribution in [-0.2, 0) is 0 Å². The van der Waals surface area contributed by atoms with Crippen molar-refractivity contribution < 1.29 is 0 Å². The molecule has 0 bridgehead atoms. The smallest absolute Gasteiger partial charge is 0.153 e. The molecule has 0 atom stereocenters. The lowest BCUT2D eigenvalue weighted by atomic mass is 10.4. The summed E-state index contributed by atoms with van der Waals surface area (Å²) in [6.07, 6.45) is 10.2. The molecule has 0 spiro atoms. The minimum atomic E-state index is 0.786. The highest BCUT2D eigenvalue weighted by Crippen LogP contribution is 2.08. The zero-order valence-corrected chi connectivity index (χ0v) is 7.56. The topological polar surface area (TPSA) is 29.0 Å². The molecular formula is C10H13N3. The standard InChI is InChI=1S/C10H13N3/c1-2-8-13(7-1)9-4-10-11-5-3-6-12-10/h3-6,9H,1-2,7-8H2/b9-4+. The van der Waals surface area contributed by atoms with Crippen molar-refractivity contribution in [2.75, 3.05) is 13.1 Å². The van der Waals surface area contributed by atoms with E-state index in [1.54, 1.807) is 12.4 Å². The number of nitrogens with zero attached hydrogens (tertiary/aromatic N) is 3. The Bertz CT molecular complexity index is 275. The van der Waals surface area contributed by atoms with Gasteiger partial charge in [-0.3, -0.25) is 0 Å². The summed E-state index contributed by atoms with van der Waals surface area (Å²) in [7, 11) is 0. The highest BCUT2D eigenvalue weighted by molar-refractivity contribution is 5.38. The summed E-state index contributed by atoms with van der Waals surface area (Å²) in [5.74, 6) is 0.786. The monoisotopic (exact) mass is 175 g/mol. The molecule has 0 saturated carbocycles. The molecule has 13 heavy (non-hydrogen) atoms. The van der Waals surface area contributed by atoms with E-state index in [-0.39, 0.29) is 0 Å². The van der Waals surface area contributed by atoms with Crippen LogP contribution in [0.5, 0.6) is 0 Å². The molecule has 0 amide bonds. The normalized spacial score (nSPS) is 17.1. The van der Waals surface area contributed by atoms with Gasteiger partial charge in [-0.15, -0.1) is 0 Å². The zero-order valence-electron chi connectivity index (χ0n) is 7.56. The summed E-state index contributed by atoms with van der Waals surface area (Å²) in [6, 6.07) is 1.83. The summed E-state index contributed by atoms with van der Waals surface area (Å²) in [5, 5.41) is 0. The van der Waals surface area contributed by atoms with Crippen molar-refractivity contribution in [3.05, 3.63) is 30.5 Å². The fourth-order valence-electron chi connectivity index (χ4n) is 1.46. The van der Waals surface area contributed by atoms with Gasteiger partial charge in [0.25, 0.3) is 0 Å². The van der Waals surface area contributed by atoms with Gasteiger partial charge >= 0.3 is 0 Å². The molecule has 0 aliphatic carbocycles. The van der Waals surface area contributed by atoms with E-state index < -0.39 is 0 Å². The molecule has 1 aromatic heterocycles. The summed E-state index contributed by atoms with van der Waals surface area (Å²) >= 11 is 0. The minimum Gasteiger partial charge on any atom is -0.377 e. The number of likely N-dealkylation sites (tertiary alicyclic amines) is 1. The molecule has 0 N–H and O–H groups in total. The van der Waals surface area contributed by atoms with E-state index >= 15 is 0 Å². The van der Waals surface area contributed by atoms with E-state index in [2.05, 4.69) is 21.1 Å². The lowest BCUT2D eigenvalue weighted by Gasteiger charge is -2.09. The molecule has 1 aliphatic rings. The number of hydrogen-bond donors (Lipinski definition) is 0. The summed E-state index contributed by atoms with van der Waals surface area (Å²) < 4.78 is 0. The largest absolute Gasteiger partial charge is 0.377 e. The van der Waals surface area contributed by atoms with Gasteiger partial charge in [-0.2, -0.15) is 0 Å². The first-order valence-electron chi connectivity index (χ1n) is 4.64. The van der Waals surface area contributed by atoms with Crippen LogP contribution >= 0.6 is 0 Å². The average molecular weight is 175 g/mol. The van der Waals surface area contributed by atoms with Gasteiger partial charge in [0.2, 0.25) is 0 Å². The Kier molecular flexibility index (Phi) is 2.55. The lowest BCUT2D eigenvalue weighted by molar-refractivity contribution is 0.471. The van der Waals surface area contributed by atoms with Crippen LogP contribution in [0.15, 0.2) is 24.7 Å². The van der Waals surface area contributed by atoms with E-state index in [4.69, 9.17) is 0 Å². The Hall–Kier alpha value is -1.38. The minimum absolute atomic E-state index is 0.786. The second kappa shape index (κ2) is 4.03. The van der Waals surface area contributed by atoms with E-state index in [0.717, 1.165) is 5.82 Å². The number of aromatic nitrogens is 2. The van der Waals surface area contributed by atoms with Gasteiger partial charge in [0.1, 0.15) is 0 Å². The van der Waals surface area contributed by atoms with Gasteiger partial charge < -0.3 is 4.90 Å². The van der Waals surface area contributed by atoms with Crippen molar-refractivity contribution in [2.24, 2.45) is 0 Å². The van der Waals surface area contributed by atoms with Gasteiger partial charge in [0.05, 0.1) is 0 Å². The zero-order chi connectivity index (χ0) is 8.93. The van der Waals surface area contributed by atoms with Crippen molar-refractivity contribution in [2.45, 2.75) is 12.8 Å². The fraction of sp³-hybridized carbons (Fsp3) is 0.400. The quantitative estimate of drug-likeness (QED) is 0.682. The molecule has 3 heteroatoms. The highest BCUT2D eigenvalue weighted by Gasteiger charge is 2.05. The third-order valence-electron chi connectivity index (χ3n) is 2.16. The Morgan fingerprint density at radius 1 is 1.15 bits per heavy atom. The maximum atomic E-state index is 4.12. The molecular weight excluding hydrogens is 162 g/mol. The van der Waals surface area contributed by atoms with E-state index in [1.807, 2.05) is 12.1 Å². The lowest BCUT2D eigenvalue weighted by Crippen LogP contribution is -2.10. The van der Waals surface area contributed by atoms with Crippen LogP contribution in [0.1, 0.15) is 18.7 Å². The summed E-state index contributed by atoms with van der Waals surface area (Å²) in [4.78, 5) is 10.5. The van der Waals surface area contributed by atoms with Crippen molar-refractivity contribution in [1.82, 2.24) is 14.9 Å². The van der Waals surface area contributed by atoms with Crippen LogP contribution in [0.25, 0.3) is 6.08 Å². The van der Waals surface area contributed by atoms with Gasteiger partial charge in [0, 0.05) is 31.7 Å². The molecule has 68 valence electrons. The van der Waals surface area contributed by atoms with Crippen LogP contribution in [0.3, 0.4) is 0 Å². The third-order valence-corrected chi connectivity index (χ3v) is 2.16. The molecule has 1 fully saturated rings. The molecule has 1 saturated heterocycles. The highest BCUT2D eigenvalue weighted by atomic mass is 15.1. The van der Waals surface area contributed by atoms with E-state index in [1.165, 1.54) is 25.9 Å². The molecule has 0 unspecified atom stereocenters. The molecule has 3 nitrogen and oxygen atoms in total. The molecule has 0 aromatic carbocycles. The first-order valence-corrected chi connectivity index (χ1v) is 4.64. The van der Waals surface area contributed by atoms with Crippen LogP contribution in [0.2, 0.25) is 0 Å². The first-order chi connectivity index (χ1) is 6.45. The van der Waals surface area contributed by atoms with Crippen molar-refractivity contribution in [1.29, 1.82) is 0 Å². The average Bonchev–Trinajstić information content (AvgIpc) is 2.69. The van der Waals surface area contributed by atoms with Gasteiger partial charge in [-0.1, -0.05) is 0 Å². The molecule has 2 heterocycles. The van der Waals surface area contributed by atoms with Crippen molar-refractivity contribution >= 4 is 6.08 Å². The number of rotatable bonds is 2. The Morgan fingerprint density at radius 3 is 2.54 bits per heavy atom. The van der Waals surface area contributed by atoms with Crippen molar-refractivity contribution in [3.63, 3.8) is 0 Å². The molecule has 2 rings (SSSR count). The second-order valence-corrected chi connectivity index (χ2v) is 3.17. The Labute approximate surface area is 78.1 Å². The van der Waals surface area contributed by atoms with Gasteiger partial charge in [0.15, 0.2) is 5.82 Å². The maximum absolute atomic E-state index is 4.12. The fourth-order valence-corrected chi connectivity index (χ4v) is 1.46. The second-order valence-electron chi connectivity index (χ2n) is 3.17. The molecule has 1 aromatic rings. The van der Waals surface area contributed by atoms with Gasteiger partial charge in [-0.05, 0) is 25.0 Å². The molecule has 1 aliphatic heterocycles. The maximum Gasteiger partial charge on any atom is 0.153 e. The Balaban J connectivity index is 1.97. The summed E-state index contributed by atoms with van der Waals surface area (Å²) in [6.45, 7) is 2.34. The summed E-state index contributed by atoms with van der Waals surface area (Å²) in [5.41, 5.74) is 0. The van der Waals surface area contributed by atoms with Crippen LogP contribution < -0.4 is 0 Å². The Morgan fingerprint density at radius 2 is 1.85 bits per heavy atom. The SMILES string of the molecule is C(=C\N1CCCC1)/c1ncccn1. The van der Waals surface area contributed by atoms with Crippen molar-refractivity contribution in [3.8, 4) is 0 Å². The first kappa shape index (κ1) is 8.23. The predicted molar refractivity (Wildman–Crippen MR) is 51.9 cm³/mol. The van der Waals surface area contributed by atoms with Crippen LogP contribution in [-0.4, -0.2) is 28.0 Å². The molecule has 0 radical (unpaired) electrons. The third kappa shape index (κ3) is 2.28. The van der Waals surface area contributed by atoms with E-state index in [9.17, 15) is 0 Å².